The van der Waals surface area contributed by atoms with Gasteiger partial charge in [-0.2, -0.15) is 0 Å². The van der Waals surface area contributed by atoms with E-state index < -0.39 is 0 Å². The van der Waals surface area contributed by atoms with Crippen LogP contribution in [0.1, 0.15) is 22.0 Å². The van der Waals surface area contributed by atoms with Crippen molar-refractivity contribution in [2.75, 3.05) is 0 Å². The van der Waals surface area contributed by atoms with Gasteiger partial charge in [0, 0.05) is 10.9 Å². The van der Waals surface area contributed by atoms with Crippen LogP contribution in [0, 0.1) is 6.92 Å². The van der Waals surface area contributed by atoms with Gasteiger partial charge in [0.1, 0.15) is 0 Å². The minimum Gasteiger partial charge on any atom is -0.323 e. The van der Waals surface area contributed by atoms with E-state index in [1.165, 1.54) is 16.0 Å². The van der Waals surface area contributed by atoms with E-state index in [9.17, 15) is 0 Å². The number of hydrogen-bond acceptors (Lipinski definition) is 2. The summed E-state index contributed by atoms with van der Waals surface area (Å²) in [4.78, 5) is 1.30. The molecule has 2 heteroatoms. The second-order valence-corrected chi connectivity index (χ2v) is 4.71. The second-order valence-electron chi connectivity index (χ2n) is 3.76. The third kappa shape index (κ3) is 2.46. The van der Waals surface area contributed by atoms with Crippen LogP contribution in [0.5, 0.6) is 0 Å². The van der Waals surface area contributed by atoms with E-state index >= 15 is 0 Å². The minimum absolute atomic E-state index is 0.132. The molecule has 0 aliphatic heterocycles. The lowest BCUT2D eigenvalue weighted by atomic mass is 10.0. The maximum absolute atomic E-state index is 6.18. The first kappa shape index (κ1) is 10.4. The summed E-state index contributed by atoms with van der Waals surface area (Å²) in [5.74, 6) is 0. The molecule has 0 amide bonds. The Balaban J connectivity index is 2.11. The fourth-order valence-corrected chi connectivity index (χ4v) is 2.66. The molecular formula is C13H15NS. The maximum Gasteiger partial charge on any atom is 0.0433 e. The molecule has 0 radical (unpaired) electrons. The Morgan fingerprint density at radius 1 is 1.20 bits per heavy atom. The summed E-state index contributed by atoms with van der Waals surface area (Å²) in [5.41, 5.74) is 8.79. The zero-order valence-electron chi connectivity index (χ0n) is 8.81. The number of aryl methyl sites for hydroxylation is 1. The molecule has 1 heterocycles. The Hall–Kier alpha value is -1.12. The van der Waals surface area contributed by atoms with Crippen molar-refractivity contribution in [1.82, 2.24) is 0 Å². The van der Waals surface area contributed by atoms with Gasteiger partial charge in [0.15, 0.2) is 0 Å². The zero-order valence-corrected chi connectivity index (χ0v) is 9.63. The van der Waals surface area contributed by atoms with Crippen molar-refractivity contribution < 1.29 is 0 Å². The lowest BCUT2D eigenvalue weighted by Crippen LogP contribution is -2.12. The van der Waals surface area contributed by atoms with E-state index in [0.29, 0.717) is 0 Å². The van der Waals surface area contributed by atoms with E-state index in [-0.39, 0.29) is 6.04 Å². The molecule has 0 bridgehead atoms. The minimum atomic E-state index is 0.132. The average Bonchev–Trinajstić information content (AvgIpc) is 2.66. The maximum atomic E-state index is 6.18. The molecule has 2 aromatic rings. The Bertz CT molecular complexity index is 419. The first-order valence-corrected chi connectivity index (χ1v) is 5.99. The van der Waals surface area contributed by atoms with Gasteiger partial charge in [0.25, 0.3) is 0 Å². The van der Waals surface area contributed by atoms with Gasteiger partial charge in [-0.25, -0.2) is 0 Å². The normalized spacial score (nSPS) is 12.7. The second kappa shape index (κ2) is 4.60. The van der Waals surface area contributed by atoms with Gasteiger partial charge in [-0.1, -0.05) is 30.3 Å². The molecule has 1 aromatic heterocycles. The third-order valence-corrected chi connectivity index (χ3v) is 3.69. The van der Waals surface area contributed by atoms with E-state index in [1.54, 1.807) is 11.3 Å². The van der Waals surface area contributed by atoms with Crippen LogP contribution in [0.25, 0.3) is 0 Å². The van der Waals surface area contributed by atoms with Crippen molar-refractivity contribution in [1.29, 1.82) is 0 Å². The molecule has 0 saturated heterocycles. The van der Waals surface area contributed by atoms with Crippen LogP contribution in [0.4, 0.5) is 0 Å². The largest absolute Gasteiger partial charge is 0.323 e. The topological polar surface area (TPSA) is 26.0 Å². The smallest absolute Gasteiger partial charge is 0.0433 e. The number of hydrogen-bond donors (Lipinski definition) is 1. The van der Waals surface area contributed by atoms with E-state index in [4.69, 9.17) is 5.73 Å². The Morgan fingerprint density at radius 3 is 2.53 bits per heavy atom. The van der Waals surface area contributed by atoms with Crippen molar-refractivity contribution in [2.24, 2.45) is 5.73 Å². The molecule has 0 saturated carbocycles. The van der Waals surface area contributed by atoms with Crippen LogP contribution in [-0.4, -0.2) is 0 Å². The SMILES string of the molecule is Cc1ccsc1C(N)Cc1ccccc1. The summed E-state index contributed by atoms with van der Waals surface area (Å²) in [6.07, 6.45) is 0.919. The Labute approximate surface area is 94.6 Å². The summed E-state index contributed by atoms with van der Waals surface area (Å²) in [6, 6.07) is 12.7. The predicted octanol–water partition coefficient (Wildman–Crippen LogP) is 3.30. The molecule has 2 N–H and O–H groups in total. The third-order valence-electron chi connectivity index (χ3n) is 2.54. The molecule has 0 fully saturated rings. The van der Waals surface area contributed by atoms with Gasteiger partial charge in [-0.15, -0.1) is 11.3 Å². The fourth-order valence-electron chi connectivity index (χ4n) is 1.73. The molecule has 0 spiro atoms. The molecular weight excluding hydrogens is 202 g/mol. The fraction of sp³-hybridized carbons (Fsp3) is 0.231. The lowest BCUT2D eigenvalue weighted by Gasteiger charge is -2.10. The van der Waals surface area contributed by atoms with Crippen LogP contribution < -0.4 is 5.73 Å². The quantitative estimate of drug-likeness (QED) is 0.838. The van der Waals surface area contributed by atoms with E-state index in [2.05, 4.69) is 42.6 Å². The van der Waals surface area contributed by atoms with Gasteiger partial charge in [-0.05, 0) is 35.9 Å². The van der Waals surface area contributed by atoms with Gasteiger partial charge in [0.2, 0.25) is 0 Å². The molecule has 1 aromatic carbocycles. The van der Waals surface area contributed by atoms with Crippen LogP contribution in [0.15, 0.2) is 41.8 Å². The van der Waals surface area contributed by atoms with E-state index in [1.807, 2.05) is 6.07 Å². The van der Waals surface area contributed by atoms with Crippen LogP contribution >= 0.6 is 11.3 Å². The van der Waals surface area contributed by atoms with Crippen molar-refractivity contribution in [2.45, 2.75) is 19.4 Å². The summed E-state index contributed by atoms with van der Waals surface area (Å²) in [7, 11) is 0. The highest BCUT2D eigenvalue weighted by molar-refractivity contribution is 7.10. The highest BCUT2D eigenvalue weighted by atomic mass is 32.1. The summed E-state index contributed by atoms with van der Waals surface area (Å²) >= 11 is 1.75. The van der Waals surface area contributed by atoms with Crippen LogP contribution in [0.2, 0.25) is 0 Å². The van der Waals surface area contributed by atoms with Gasteiger partial charge in [0.05, 0.1) is 0 Å². The molecule has 1 nitrogen and oxygen atoms in total. The summed E-state index contributed by atoms with van der Waals surface area (Å²) in [6.45, 7) is 2.12. The molecule has 0 aliphatic carbocycles. The monoisotopic (exact) mass is 217 g/mol. The molecule has 1 atom stereocenters. The molecule has 2 rings (SSSR count). The van der Waals surface area contributed by atoms with Gasteiger partial charge < -0.3 is 5.73 Å². The Morgan fingerprint density at radius 2 is 1.93 bits per heavy atom. The number of thiophene rings is 1. The molecule has 15 heavy (non-hydrogen) atoms. The first-order chi connectivity index (χ1) is 7.27. The molecule has 1 unspecified atom stereocenters. The van der Waals surface area contributed by atoms with E-state index in [0.717, 1.165) is 6.42 Å². The zero-order chi connectivity index (χ0) is 10.7. The summed E-state index contributed by atoms with van der Waals surface area (Å²) in [5, 5.41) is 2.11. The molecule has 0 aliphatic rings. The number of benzene rings is 1. The van der Waals surface area contributed by atoms with Crippen molar-refractivity contribution >= 4 is 11.3 Å². The molecule has 78 valence electrons. The Kier molecular flexibility index (Phi) is 3.19. The highest BCUT2D eigenvalue weighted by Gasteiger charge is 2.10. The van der Waals surface area contributed by atoms with Gasteiger partial charge in [-0.3, -0.25) is 0 Å². The van der Waals surface area contributed by atoms with Crippen molar-refractivity contribution in [3.05, 3.63) is 57.8 Å². The van der Waals surface area contributed by atoms with Crippen LogP contribution in [0.3, 0.4) is 0 Å². The lowest BCUT2D eigenvalue weighted by molar-refractivity contribution is 0.732. The van der Waals surface area contributed by atoms with Crippen molar-refractivity contribution in [3.8, 4) is 0 Å². The number of rotatable bonds is 3. The van der Waals surface area contributed by atoms with Crippen molar-refractivity contribution in [3.63, 3.8) is 0 Å². The average molecular weight is 217 g/mol. The van der Waals surface area contributed by atoms with Crippen LogP contribution in [-0.2, 0) is 6.42 Å². The first-order valence-electron chi connectivity index (χ1n) is 5.11. The van der Waals surface area contributed by atoms with Gasteiger partial charge >= 0.3 is 0 Å². The summed E-state index contributed by atoms with van der Waals surface area (Å²) < 4.78 is 0. The highest BCUT2D eigenvalue weighted by Crippen LogP contribution is 2.24. The number of nitrogens with two attached hydrogens (primary N) is 1. The predicted molar refractivity (Wildman–Crippen MR) is 66.1 cm³/mol. The standard InChI is InChI=1S/C13H15NS/c1-10-7-8-15-13(10)12(14)9-11-5-3-2-4-6-11/h2-8,12H,9,14H2,1H3.